The molecule has 0 saturated carbocycles. The molecule has 94 valence electrons. The zero-order chi connectivity index (χ0) is 13.1. The third kappa shape index (κ3) is 2.17. The molecule has 1 amide bonds. The minimum Gasteiger partial charge on any atom is -0.398 e. The van der Waals surface area contributed by atoms with Gasteiger partial charge in [-0.3, -0.25) is 4.79 Å². The van der Waals surface area contributed by atoms with E-state index in [1.165, 1.54) is 0 Å². The smallest absolute Gasteiger partial charge is 0.292 e. The molecule has 0 spiro atoms. The van der Waals surface area contributed by atoms with Crippen LogP contribution in [0.1, 0.15) is 23.1 Å². The molecule has 2 rings (SSSR count). The van der Waals surface area contributed by atoms with Crippen molar-refractivity contribution >= 4 is 11.6 Å². The van der Waals surface area contributed by atoms with Crippen LogP contribution in [0.4, 0.5) is 5.69 Å². The number of benzene rings is 1. The van der Waals surface area contributed by atoms with Crippen LogP contribution in [-0.4, -0.2) is 22.6 Å². The number of carbonyl (C=O) groups excluding carboxylic acids is 1. The number of nitrogens with zero attached hydrogens (tertiary/aromatic N) is 2. The summed E-state index contributed by atoms with van der Waals surface area (Å²) in [5.41, 5.74) is 8.03. The summed E-state index contributed by atoms with van der Waals surface area (Å²) < 4.78 is 5.08. The standard InChI is InChI=1S/C12H14N4O2/c1-3-14-11(17)10-15-12(18-16-10)8-5-4-6-9(13)7(8)2/h4-6H,3,13H2,1-2H3,(H,14,17). The molecule has 6 nitrogen and oxygen atoms in total. The minimum atomic E-state index is -0.353. The maximum atomic E-state index is 11.5. The van der Waals surface area contributed by atoms with Crippen molar-refractivity contribution in [1.29, 1.82) is 0 Å². The van der Waals surface area contributed by atoms with Crippen molar-refractivity contribution in [2.45, 2.75) is 13.8 Å². The molecule has 1 aromatic carbocycles. The van der Waals surface area contributed by atoms with Crippen molar-refractivity contribution in [3.8, 4) is 11.5 Å². The van der Waals surface area contributed by atoms with Crippen molar-refractivity contribution < 1.29 is 9.32 Å². The summed E-state index contributed by atoms with van der Waals surface area (Å²) in [6.07, 6.45) is 0. The fourth-order valence-corrected chi connectivity index (χ4v) is 1.55. The van der Waals surface area contributed by atoms with E-state index >= 15 is 0 Å². The molecule has 1 heterocycles. The minimum absolute atomic E-state index is 0.0219. The predicted octanol–water partition coefficient (Wildman–Crippen LogP) is 1.38. The van der Waals surface area contributed by atoms with Gasteiger partial charge in [-0.1, -0.05) is 11.2 Å². The number of amides is 1. The average Bonchev–Trinajstić information content (AvgIpc) is 2.82. The van der Waals surface area contributed by atoms with Crippen LogP contribution in [-0.2, 0) is 0 Å². The highest BCUT2D eigenvalue weighted by Gasteiger charge is 2.16. The monoisotopic (exact) mass is 246 g/mol. The van der Waals surface area contributed by atoms with Crippen LogP contribution < -0.4 is 11.1 Å². The van der Waals surface area contributed by atoms with Gasteiger partial charge in [-0.05, 0) is 31.5 Å². The van der Waals surface area contributed by atoms with Crippen molar-refractivity contribution in [3.63, 3.8) is 0 Å². The Bertz CT molecular complexity index is 577. The Morgan fingerprint density at radius 1 is 1.50 bits per heavy atom. The van der Waals surface area contributed by atoms with Crippen LogP contribution in [0, 0.1) is 6.92 Å². The van der Waals surface area contributed by atoms with E-state index in [1.807, 2.05) is 19.9 Å². The van der Waals surface area contributed by atoms with E-state index in [0.29, 0.717) is 18.1 Å². The molecule has 0 unspecified atom stereocenters. The van der Waals surface area contributed by atoms with Crippen molar-refractivity contribution in [2.24, 2.45) is 0 Å². The summed E-state index contributed by atoms with van der Waals surface area (Å²) in [5.74, 6) is -0.0382. The fraction of sp³-hybridized carbons (Fsp3) is 0.250. The van der Waals surface area contributed by atoms with Gasteiger partial charge in [-0.15, -0.1) is 0 Å². The lowest BCUT2D eigenvalue weighted by Gasteiger charge is -2.02. The molecule has 0 fully saturated rings. The first-order valence-electron chi connectivity index (χ1n) is 5.60. The second-order valence-electron chi connectivity index (χ2n) is 3.80. The fourth-order valence-electron chi connectivity index (χ4n) is 1.55. The predicted molar refractivity (Wildman–Crippen MR) is 66.9 cm³/mol. The number of nitrogens with one attached hydrogen (secondary N) is 1. The first-order valence-corrected chi connectivity index (χ1v) is 5.60. The Labute approximate surface area is 104 Å². The summed E-state index contributed by atoms with van der Waals surface area (Å²) in [4.78, 5) is 15.6. The zero-order valence-electron chi connectivity index (χ0n) is 10.2. The van der Waals surface area contributed by atoms with E-state index in [4.69, 9.17) is 10.3 Å². The van der Waals surface area contributed by atoms with Gasteiger partial charge in [0, 0.05) is 17.8 Å². The quantitative estimate of drug-likeness (QED) is 0.798. The Kier molecular flexibility index (Phi) is 3.27. The van der Waals surface area contributed by atoms with Gasteiger partial charge in [0.2, 0.25) is 0 Å². The van der Waals surface area contributed by atoms with E-state index in [-0.39, 0.29) is 11.7 Å². The number of carbonyl (C=O) groups is 1. The summed E-state index contributed by atoms with van der Waals surface area (Å²) in [6, 6.07) is 5.41. The Hall–Kier alpha value is -2.37. The molecular weight excluding hydrogens is 232 g/mol. The van der Waals surface area contributed by atoms with Gasteiger partial charge in [-0.2, -0.15) is 4.98 Å². The molecule has 3 N–H and O–H groups in total. The normalized spacial score (nSPS) is 10.3. The van der Waals surface area contributed by atoms with Crippen LogP contribution in [0.15, 0.2) is 22.7 Å². The number of hydrogen-bond donors (Lipinski definition) is 2. The second-order valence-corrected chi connectivity index (χ2v) is 3.80. The lowest BCUT2D eigenvalue weighted by Crippen LogP contribution is -2.23. The number of hydrogen-bond acceptors (Lipinski definition) is 5. The van der Waals surface area contributed by atoms with Crippen molar-refractivity contribution in [2.75, 3.05) is 12.3 Å². The molecule has 2 aromatic rings. The first kappa shape index (κ1) is 12.1. The van der Waals surface area contributed by atoms with Gasteiger partial charge in [0.25, 0.3) is 17.6 Å². The molecule has 6 heteroatoms. The Morgan fingerprint density at radius 2 is 2.28 bits per heavy atom. The van der Waals surface area contributed by atoms with Crippen LogP contribution in [0.2, 0.25) is 0 Å². The summed E-state index contributed by atoms with van der Waals surface area (Å²) in [7, 11) is 0. The molecule has 0 aliphatic carbocycles. The zero-order valence-corrected chi connectivity index (χ0v) is 10.2. The van der Waals surface area contributed by atoms with Crippen LogP contribution >= 0.6 is 0 Å². The highest BCUT2D eigenvalue weighted by Crippen LogP contribution is 2.25. The first-order chi connectivity index (χ1) is 8.63. The van der Waals surface area contributed by atoms with E-state index in [2.05, 4.69) is 15.5 Å². The summed E-state index contributed by atoms with van der Waals surface area (Å²) in [5, 5.41) is 6.25. The highest BCUT2D eigenvalue weighted by atomic mass is 16.5. The molecule has 0 aliphatic rings. The maximum Gasteiger partial charge on any atom is 0.292 e. The Morgan fingerprint density at radius 3 is 3.00 bits per heavy atom. The molecule has 0 aliphatic heterocycles. The molecule has 1 aromatic heterocycles. The number of nitrogen functional groups attached to an aromatic ring is 1. The van der Waals surface area contributed by atoms with Gasteiger partial charge >= 0.3 is 0 Å². The van der Waals surface area contributed by atoms with E-state index in [0.717, 1.165) is 11.1 Å². The van der Waals surface area contributed by atoms with E-state index < -0.39 is 0 Å². The largest absolute Gasteiger partial charge is 0.398 e. The molecule has 0 atom stereocenters. The lowest BCUT2D eigenvalue weighted by molar-refractivity contribution is 0.0942. The van der Waals surface area contributed by atoms with E-state index in [1.54, 1.807) is 12.1 Å². The third-order valence-corrected chi connectivity index (χ3v) is 2.57. The molecule has 18 heavy (non-hydrogen) atoms. The Balaban J connectivity index is 2.35. The number of anilines is 1. The van der Waals surface area contributed by atoms with Gasteiger partial charge in [-0.25, -0.2) is 0 Å². The lowest BCUT2D eigenvalue weighted by atomic mass is 10.1. The van der Waals surface area contributed by atoms with Gasteiger partial charge in [0.15, 0.2) is 0 Å². The summed E-state index contributed by atoms with van der Waals surface area (Å²) >= 11 is 0. The van der Waals surface area contributed by atoms with Crippen molar-refractivity contribution in [3.05, 3.63) is 29.6 Å². The second kappa shape index (κ2) is 4.87. The van der Waals surface area contributed by atoms with Crippen LogP contribution in [0.25, 0.3) is 11.5 Å². The third-order valence-electron chi connectivity index (χ3n) is 2.57. The number of aromatic nitrogens is 2. The maximum absolute atomic E-state index is 11.5. The molecule has 0 radical (unpaired) electrons. The van der Waals surface area contributed by atoms with Gasteiger partial charge in [0.1, 0.15) is 0 Å². The van der Waals surface area contributed by atoms with Gasteiger partial charge < -0.3 is 15.6 Å². The van der Waals surface area contributed by atoms with Crippen LogP contribution in [0.3, 0.4) is 0 Å². The number of nitrogens with two attached hydrogens (primary N) is 1. The molecular formula is C12H14N4O2. The van der Waals surface area contributed by atoms with Gasteiger partial charge in [0.05, 0.1) is 0 Å². The topological polar surface area (TPSA) is 94.0 Å². The molecule has 0 bridgehead atoms. The summed E-state index contributed by atoms with van der Waals surface area (Å²) in [6.45, 7) is 4.20. The van der Waals surface area contributed by atoms with Crippen molar-refractivity contribution in [1.82, 2.24) is 15.5 Å². The van der Waals surface area contributed by atoms with E-state index in [9.17, 15) is 4.79 Å². The molecule has 0 saturated heterocycles. The average molecular weight is 246 g/mol. The SMILES string of the molecule is CCNC(=O)c1noc(-c2cccc(N)c2C)n1. The van der Waals surface area contributed by atoms with Crippen LogP contribution in [0.5, 0.6) is 0 Å². The number of rotatable bonds is 3. The highest BCUT2D eigenvalue weighted by molar-refractivity contribution is 5.90.